The first-order valence-electron chi connectivity index (χ1n) is 13.4. The number of carbonyl (C=O) groups is 1. The molecule has 0 unspecified atom stereocenters. The molecule has 3 nitrogen and oxygen atoms in total. The van der Waals surface area contributed by atoms with Crippen LogP contribution in [0.5, 0.6) is 0 Å². The van der Waals surface area contributed by atoms with Crippen LogP contribution in [-0.4, -0.2) is 34.8 Å². The van der Waals surface area contributed by atoms with E-state index in [0.29, 0.717) is 6.04 Å². The van der Waals surface area contributed by atoms with Crippen LogP contribution in [0.3, 0.4) is 0 Å². The van der Waals surface area contributed by atoms with Gasteiger partial charge in [-0.25, -0.2) is 4.39 Å². The lowest BCUT2D eigenvalue weighted by molar-refractivity contribution is 0.0590. The van der Waals surface area contributed by atoms with Crippen LogP contribution in [-0.2, 0) is 13.1 Å². The Kier molecular flexibility index (Phi) is 7.66. The number of allylic oxidation sites excluding steroid dienone is 2. The fraction of sp³-hybridized carbons (Fsp3) is 0.303. The van der Waals surface area contributed by atoms with Gasteiger partial charge in [0.25, 0.3) is 5.91 Å². The molecule has 5 rings (SSSR count). The molecule has 1 amide bonds. The molecule has 0 aromatic heterocycles. The van der Waals surface area contributed by atoms with E-state index < -0.39 is 0 Å². The van der Waals surface area contributed by atoms with E-state index in [1.54, 1.807) is 12.1 Å². The summed E-state index contributed by atoms with van der Waals surface area (Å²) in [5.41, 5.74) is 7.55. The number of benzene rings is 3. The fourth-order valence-corrected chi connectivity index (χ4v) is 5.74. The predicted octanol–water partition coefficient (Wildman–Crippen LogP) is 7.32. The van der Waals surface area contributed by atoms with Crippen LogP contribution in [0, 0.1) is 5.82 Å². The molecular weight excluding hydrogens is 459 g/mol. The number of hydrogen-bond acceptors (Lipinski definition) is 2. The molecule has 0 atom stereocenters. The molecule has 0 spiro atoms. The Bertz CT molecular complexity index is 1330. The molecule has 2 aliphatic rings. The van der Waals surface area contributed by atoms with Crippen LogP contribution >= 0.6 is 0 Å². The average molecular weight is 495 g/mol. The average Bonchev–Trinajstić information content (AvgIpc) is 3.25. The van der Waals surface area contributed by atoms with E-state index in [-0.39, 0.29) is 11.7 Å². The van der Waals surface area contributed by atoms with E-state index in [0.717, 1.165) is 78.8 Å². The van der Waals surface area contributed by atoms with Gasteiger partial charge in [0, 0.05) is 37.8 Å². The molecule has 2 heterocycles. The molecule has 1 fully saturated rings. The number of likely N-dealkylation sites (tertiary alicyclic amines) is 1. The Morgan fingerprint density at radius 2 is 1.84 bits per heavy atom. The van der Waals surface area contributed by atoms with E-state index in [1.165, 1.54) is 11.6 Å². The lowest BCUT2D eigenvalue weighted by Gasteiger charge is -2.36. The summed E-state index contributed by atoms with van der Waals surface area (Å²) in [5, 5.41) is 0. The van der Waals surface area contributed by atoms with Crippen molar-refractivity contribution in [3.05, 3.63) is 118 Å². The van der Waals surface area contributed by atoms with Crippen molar-refractivity contribution in [2.75, 3.05) is 13.1 Å². The molecule has 0 aliphatic carbocycles. The highest BCUT2D eigenvalue weighted by Crippen LogP contribution is 2.31. The Balaban J connectivity index is 1.28. The van der Waals surface area contributed by atoms with E-state index in [2.05, 4.69) is 59.2 Å². The minimum Gasteiger partial charge on any atom is -0.331 e. The van der Waals surface area contributed by atoms with Gasteiger partial charge in [0.15, 0.2) is 0 Å². The lowest BCUT2D eigenvalue weighted by atomic mass is 9.91. The van der Waals surface area contributed by atoms with Crippen molar-refractivity contribution < 1.29 is 9.18 Å². The first-order valence-corrected chi connectivity index (χ1v) is 13.4. The third kappa shape index (κ3) is 5.45. The van der Waals surface area contributed by atoms with Crippen LogP contribution in [0.4, 0.5) is 4.39 Å². The zero-order valence-corrected chi connectivity index (χ0v) is 21.8. The quantitative estimate of drug-likeness (QED) is 0.344. The predicted molar refractivity (Wildman–Crippen MR) is 150 cm³/mol. The number of amides is 1. The smallest absolute Gasteiger partial charge is 0.254 e. The largest absolute Gasteiger partial charge is 0.331 e. The van der Waals surface area contributed by atoms with Crippen molar-refractivity contribution >= 4 is 17.6 Å². The third-order valence-corrected chi connectivity index (χ3v) is 7.55. The number of carbonyl (C=O) groups excluding carboxylic acids is 1. The summed E-state index contributed by atoms with van der Waals surface area (Å²) in [6.45, 7) is 7.74. The highest BCUT2D eigenvalue weighted by atomic mass is 19.1. The molecule has 4 heteroatoms. The molecule has 2 aliphatic heterocycles. The molecule has 0 N–H and O–H groups in total. The lowest BCUT2D eigenvalue weighted by Crippen LogP contribution is -2.44. The van der Waals surface area contributed by atoms with E-state index in [4.69, 9.17) is 0 Å². The second kappa shape index (κ2) is 11.3. The van der Waals surface area contributed by atoms with Gasteiger partial charge in [-0.3, -0.25) is 9.69 Å². The zero-order valence-electron chi connectivity index (χ0n) is 21.8. The highest BCUT2D eigenvalue weighted by Gasteiger charge is 2.34. The first kappa shape index (κ1) is 25.2. The van der Waals surface area contributed by atoms with Crippen molar-refractivity contribution in [1.82, 2.24) is 9.80 Å². The standard InChI is InChI=1S/C33H35FN2O/c1-3-8-25-20-24(14-15-31(25)30(9-4-2)26-11-7-12-28(34)21-26)22-35-18-16-29(17-19-35)36-23-27-10-5-6-13-32(27)33(36)37/h3,5-15,20-21,29H,4,16-19,22-23H2,1-2H3/b8-3+,30-9-. The Hall–Kier alpha value is -3.50. The van der Waals surface area contributed by atoms with Gasteiger partial charge in [0.1, 0.15) is 5.82 Å². The number of fused-ring (bicyclic) bond motifs is 1. The second-order valence-corrected chi connectivity index (χ2v) is 10.1. The van der Waals surface area contributed by atoms with E-state index in [1.807, 2.05) is 31.2 Å². The van der Waals surface area contributed by atoms with Gasteiger partial charge in [-0.15, -0.1) is 0 Å². The van der Waals surface area contributed by atoms with Gasteiger partial charge in [-0.1, -0.05) is 67.6 Å². The van der Waals surface area contributed by atoms with Crippen LogP contribution < -0.4 is 0 Å². The summed E-state index contributed by atoms with van der Waals surface area (Å²) in [7, 11) is 0. The van der Waals surface area contributed by atoms with Gasteiger partial charge < -0.3 is 4.90 Å². The van der Waals surface area contributed by atoms with Crippen molar-refractivity contribution in [2.24, 2.45) is 0 Å². The fourth-order valence-electron chi connectivity index (χ4n) is 5.74. The topological polar surface area (TPSA) is 23.6 Å². The summed E-state index contributed by atoms with van der Waals surface area (Å²) in [6, 6.07) is 21.8. The van der Waals surface area contributed by atoms with Gasteiger partial charge in [-0.2, -0.15) is 0 Å². The number of hydrogen-bond donors (Lipinski definition) is 0. The summed E-state index contributed by atoms with van der Waals surface area (Å²) < 4.78 is 14.0. The van der Waals surface area contributed by atoms with E-state index in [9.17, 15) is 9.18 Å². The molecule has 0 radical (unpaired) electrons. The van der Waals surface area contributed by atoms with Crippen molar-refractivity contribution in [3.8, 4) is 0 Å². The Morgan fingerprint density at radius 1 is 1.03 bits per heavy atom. The summed E-state index contributed by atoms with van der Waals surface area (Å²) in [4.78, 5) is 17.5. The number of rotatable bonds is 7. The minimum absolute atomic E-state index is 0.190. The van der Waals surface area contributed by atoms with Crippen LogP contribution in [0.1, 0.15) is 71.3 Å². The first-order chi connectivity index (χ1) is 18.1. The molecule has 0 bridgehead atoms. The molecular formula is C33H35FN2O. The maximum Gasteiger partial charge on any atom is 0.254 e. The van der Waals surface area contributed by atoms with Gasteiger partial charge in [-0.05, 0) is 83.8 Å². The summed E-state index contributed by atoms with van der Waals surface area (Å²) >= 11 is 0. The van der Waals surface area contributed by atoms with Crippen molar-refractivity contribution in [3.63, 3.8) is 0 Å². The minimum atomic E-state index is -0.216. The van der Waals surface area contributed by atoms with Crippen molar-refractivity contribution in [1.29, 1.82) is 0 Å². The number of nitrogens with zero attached hydrogens (tertiary/aromatic N) is 2. The normalized spacial score (nSPS) is 17.1. The van der Waals surface area contributed by atoms with Gasteiger partial charge >= 0.3 is 0 Å². The van der Waals surface area contributed by atoms with Crippen LogP contribution in [0.2, 0.25) is 0 Å². The van der Waals surface area contributed by atoms with Crippen molar-refractivity contribution in [2.45, 2.75) is 52.2 Å². The summed E-state index contributed by atoms with van der Waals surface area (Å²) in [6.07, 6.45) is 9.27. The second-order valence-electron chi connectivity index (χ2n) is 10.1. The van der Waals surface area contributed by atoms with Crippen LogP contribution in [0.25, 0.3) is 11.6 Å². The SMILES string of the molecule is C/C=C/c1cc(CN2CCC(N3Cc4ccccc4C3=O)CC2)ccc1/C(=C\CC)c1cccc(F)c1. The third-order valence-electron chi connectivity index (χ3n) is 7.55. The summed E-state index contributed by atoms with van der Waals surface area (Å²) in [5.74, 6) is -0.0264. The maximum atomic E-state index is 14.0. The highest BCUT2D eigenvalue weighted by molar-refractivity contribution is 5.98. The van der Waals surface area contributed by atoms with Gasteiger partial charge in [0.05, 0.1) is 0 Å². The Morgan fingerprint density at radius 3 is 2.57 bits per heavy atom. The van der Waals surface area contributed by atoms with E-state index >= 15 is 0 Å². The molecule has 3 aromatic carbocycles. The van der Waals surface area contributed by atoms with Gasteiger partial charge in [0.2, 0.25) is 0 Å². The Labute approximate surface area is 219 Å². The molecule has 37 heavy (non-hydrogen) atoms. The number of piperidine rings is 1. The maximum absolute atomic E-state index is 14.0. The molecule has 1 saturated heterocycles. The molecule has 3 aromatic rings. The molecule has 190 valence electrons. The molecule has 0 saturated carbocycles. The zero-order chi connectivity index (χ0) is 25.8. The monoisotopic (exact) mass is 494 g/mol. The number of halogens is 1. The van der Waals surface area contributed by atoms with Crippen LogP contribution in [0.15, 0.2) is 78.9 Å².